The molecular weight excluding hydrogens is 395 g/mol. The monoisotopic (exact) mass is 414 g/mol. The maximum absolute atomic E-state index is 14.4. The lowest BCUT2D eigenvalue weighted by Crippen LogP contribution is -2.76. The Balaban J connectivity index is 1.76. The molecule has 1 aliphatic rings. The van der Waals surface area contributed by atoms with Crippen LogP contribution in [0.5, 0.6) is 5.75 Å². The minimum Gasteiger partial charge on any atom is -0.459 e. The van der Waals surface area contributed by atoms with Crippen LogP contribution in [0.4, 0.5) is 14.9 Å². The number of hydrogen-bond donors (Lipinski definition) is 7. The van der Waals surface area contributed by atoms with Gasteiger partial charge in [-0.25, -0.2) is 9.18 Å². The lowest BCUT2D eigenvalue weighted by Gasteiger charge is -2.53. The van der Waals surface area contributed by atoms with Crippen molar-refractivity contribution in [2.75, 3.05) is 11.9 Å². The molecule has 8 N–H and O–H groups in total. The van der Waals surface area contributed by atoms with Crippen LogP contribution in [0.15, 0.2) is 29.6 Å². The van der Waals surface area contributed by atoms with Crippen molar-refractivity contribution in [3.8, 4) is 16.2 Å². The number of nitrogens with two attached hydrogens (primary N) is 1. The number of benzene rings is 1. The molecule has 1 aromatic heterocycles. The highest BCUT2D eigenvalue weighted by Gasteiger charge is 2.65. The average molecular weight is 414 g/mol. The Morgan fingerprint density at radius 2 is 2.11 bits per heavy atom. The van der Waals surface area contributed by atoms with E-state index in [4.69, 9.17) is 10.5 Å². The van der Waals surface area contributed by atoms with Crippen molar-refractivity contribution in [2.24, 2.45) is 11.7 Å². The second-order valence-electron chi connectivity index (χ2n) is 6.42. The Bertz CT molecular complexity index is 879. The van der Waals surface area contributed by atoms with Crippen LogP contribution < -0.4 is 15.8 Å². The van der Waals surface area contributed by atoms with Crippen molar-refractivity contribution in [3.05, 3.63) is 35.5 Å². The van der Waals surface area contributed by atoms with E-state index in [-0.39, 0.29) is 0 Å². The summed E-state index contributed by atoms with van der Waals surface area (Å²) >= 11 is 1.24. The van der Waals surface area contributed by atoms with E-state index in [0.29, 0.717) is 16.1 Å². The lowest BCUT2D eigenvalue weighted by atomic mass is 9.64. The Morgan fingerprint density at radius 3 is 2.71 bits per heavy atom. The van der Waals surface area contributed by atoms with Gasteiger partial charge < -0.3 is 41.3 Å². The third-order valence-corrected chi connectivity index (χ3v) is 5.70. The average Bonchev–Trinajstić information content (AvgIpc) is 3.10. The second kappa shape index (κ2) is 7.62. The van der Waals surface area contributed by atoms with E-state index in [1.165, 1.54) is 23.5 Å². The van der Waals surface area contributed by atoms with Crippen molar-refractivity contribution in [3.63, 3.8) is 0 Å². The highest BCUT2D eigenvalue weighted by atomic mass is 32.1. The molecule has 2 aromatic rings. The zero-order valence-electron chi connectivity index (χ0n) is 14.3. The number of primary amides is 1. The molecule has 1 aromatic carbocycles. The van der Waals surface area contributed by atoms with Gasteiger partial charge in [0.15, 0.2) is 17.2 Å². The fraction of sp³-hybridized carbons (Fsp3) is 0.353. The summed E-state index contributed by atoms with van der Waals surface area (Å²) in [6.07, 6.45) is -5.29. The van der Waals surface area contributed by atoms with Gasteiger partial charge in [-0.1, -0.05) is 0 Å². The van der Waals surface area contributed by atoms with Gasteiger partial charge in [0.25, 0.3) is 0 Å². The van der Waals surface area contributed by atoms with E-state index in [2.05, 4.69) is 5.32 Å². The van der Waals surface area contributed by atoms with Crippen molar-refractivity contribution in [2.45, 2.75) is 24.1 Å². The van der Waals surface area contributed by atoms with Gasteiger partial charge in [0.1, 0.15) is 6.10 Å². The maximum atomic E-state index is 14.4. The van der Waals surface area contributed by atoms with Crippen molar-refractivity contribution in [1.29, 1.82) is 0 Å². The molecule has 2 amide bonds. The highest BCUT2D eigenvalue weighted by molar-refractivity contribution is 7.14. The Labute approximate surface area is 162 Å². The number of amides is 2. The van der Waals surface area contributed by atoms with Crippen molar-refractivity contribution < 1.29 is 39.5 Å². The van der Waals surface area contributed by atoms with Crippen LogP contribution in [0.25, 0.3) is 10.4 Å². The third kappa shape index (κ3) is 3.43. The normalized spacial score (nSPS) is 27.7. The number of anilines is 1. The first-order valence-corrected chi connectivity index (χ1v) is 9.05. The molecule has 5 atom stereocenters. The fourth-order valence-electron chi connectivity index (χ4n) is 3.11. The molecule has 9 nitrogen and oxygen atoms in total. The molecule has 0 aliphatic heterocycles. The molecule has 0 saturated heterocycles. The molecule has 1 heterocycles. The number of hydrogen-bond acceptors (Lipinski definition) is 8. The van der Waals surface area contributed by atoms with E-state index in [9.17, 15) is 34.7 Å². The number of urea groups is 1. The predicted octanol–water partition coefficient (Wildman–Crippen LogP) is -0.183. The summed E-state index contributed by atoms with van der Waals surface area (Å²) in [5.74, 6) is -2.50. The first-order chi connectivity index (χ1) is 13.2. The standard InChI is InChI=1S/C17H19FN2O7S/c18-10-3-7(12-4-8(6-28-12)20-16(19)25)1-2-11(10)27-15(24)17(26)9(5-21)13(22)14(17)23/h1-4,6,9,13-15,21-24,26H,5H2,(H3,19,20,25). The lowest BCUT2D eigenvalue weighted by molar-refractivity contribution is -0.332. The second-order valence-corrected chi connectivity index (χ2v) is 7.33. The highest BCUT2D eigenvalue weighted by Crippen LogP contribution is 2.42. The van der Waals surface area contributed by atoms with Crippen LogP contribution in [-0.2, 0) is 0 Å². The first kappa shape index (κ1) is 20.5. The number of nitrogens with one attached hydrogen (secondary N) is 1. The zero-order valence-corrected chi connectivity index (χ0v) is 15.1. The van der Waals surface area contributed by atoms with Crippen LogP contribution >= 0.6 is 11.3 Å². The van der Waals surface area contributed by atoms with Gasteiger partial charge in [-0.2, -0.15) is 0 Å². The Kier molecular flexibility index (Phi) is 5.57. The summed E-state index contributed by atoms with van der Waals surface area (Å²) in [5.41, 5.74) is 3.61. The number of carbonyl (C=O) groups excluding carboxylic acids is 1. The third-order valence-electron chi connectivity index (χ3n) is 4.72. The summed E-state index contributed by atoms with van der Waals surface area (Å²) in [6, 6.07) is 4.70. The number of aliphatic hydroxyl groups is 5. The Morgan fingerprint density at radius 1 is 1.39 bits per heavy atom. The van der Waals surface area contributed by atoms with Gasteiger partial charge in [-0.3, -0.25) is 0 Å². The van der Waals surface area contributed by atoms with Crippen molar-refractivity contribution in [1.82, 2.24) is 0 Å². The summed E-state index contributed by atoms with van der Waals surface area (Å²) in [6.45, 7) is -0.712. The van der Waals surface area contributed by atoms with Gasteiger partial charge >= 0.3 is 6.03 Å². The molecule has 0 radical (unpaired) electrons. The molecule has 11 heteroatoms. The number of halogens is 1. The Hall–Kier alpha value is -2.28. The number of thiophene rings is 1. The molecule has 1 fully saturated rings. The van der Waals surface area contributed by atoms with Crippen LogP contribution in [0.3, 0.4) is 0 Å². The van der Waals surface area contributed by atoms with E-state index >= 15 is 0 Å². The molecule has 28 heavy (non-hydrogen) atoms. The molecule has 1 saturated carbocycles. The van der Waals surface area contributed by atoms with Crippen LogP contribution in [0, 0.1) is 11.7 Å². The first-order valence-electron chi connectivity index (χ1n) is 8.17. The molecule has 5 unspecified atom stereocenters. The summed E-state index contributed by atoms with van der Waals surface area (Å²) in [7, 11) is 0. The smallest absolute Gasteiger partial charge is 0.316 e. The molecule has 3 rings (SSSR count). The SMILES string of the molecule is NC(=O)Nc1csc(-c2ccc(OC(O)C3(O)C(O)C(O)C3CO)c(F)c2)c1. The quantitative estimate of drug-likeness (QED) is 0.322. The fourth-order valence-corrected chi connectivity index (χ4v) is 3.95. The molecular formula is C17H19FN2O7S. The van der Waals surface area contributed by atoms with Crippen LogP contribution in [0.2, 0.25) is 0 Å². The maximum Gasteiger partial charge on any atom is 0.316 e. The van der Waals surface area contributed by atoms with Crippen LogP contribution in [0.1, 0.15) is 0 Å². The number of rotatable bonds is 6. The van der Waals surface area contributed by atoms with E-state index in [1.54, 1.807) is 11.4 Å². The van der Waals surface area contributed by atoms with E-state index < -0.39 is 54.2 Å². The largest absolute Gasteiger partial charge is 0.459 e. The zero-order chi connectivity index (χ0) is 20.6. The molecule has 152 valence electrons. The van der Waals surface area contributed by atoms with Gasteiger partial charge in [-0.15, -0.1) is 11.3 Å². The summed E-state index contributed by atoms with van der Waals surface area (Å²) in [5, 5.41) is 52.9. The van der Waals surface area contributed by atoms with Gasteiger partial charge in [0, 0.05) is 16.2 Å². The van der Waals surface area contributed by atoms with Crippen molar-refractivity contribution >= 4 is 23.1 Å². The van der Waals surface area contributed by atoms with E-state index in [1.807, 2.05) is 0 Å². The predicted molar refractivity (Wildman–Crippen MR) is 97.1 cm³/mol. The molecule has 1 aliphatic carbocycles. The topological polar surface area (TPSA) is 166 Å². The summed E-state index contributed by atoms with van der Waals surface area (Å²) < 4.78 is 19.4. The van der Waals surface area contributed by atoms with Gasteiger partial charge in [-0.05, 0) is 29.8 Å². The molecule has 0 spiro atoms. The van der Waals surface area contributed by atoms with Gasteiger partial charge in [0.05, 0.1) is 18.4 Å². The van der Waals surface area contributed by atoms with E-state index in [0.717, 1.165) is 6.07 Å². The minimum absolute atomic E-state index is 0.401. The number of ether oxygens (including phenoxy) is 1. The molecule has 0 bridgehead atoms. The minimum atomic E-state index is -2.34. The number of carbonyl (C=O) groups is 1. The summed E-state index contributed by atoms with van der Waals surface area (Å²) in [4.78, 5) is 11.5. The number of aliphatic hydroxyl groups excluding tert-OH is 4. The van der Waals surface area contributed by atoms with Gasteiger partial charge in [0.2, 0.25) is 6.29 Å². The van der Waals surface area contributed by atoms with Crippen LogP contribution in [-0.4, -0.2) is 62.3 Å².